The Kier molecular flexibility index (Phi) is 5.54. The van der Waals surface area contributed by atoms with Crippen molar-refractivity contribution in [1.82, 2.24) is 15.1 Å². The number of amides is 3. The van der Waals surface area contributed by atoms with Crippen LogP contribution in [-0.4, -0.2) is 61.4 Å². The molecule has 4 rings (SSSR count). The molecule has 2 aromatic carbocycles. The second-order valence-corrected chi connectivity index (χ2v) is 7.65. The lowest BCUT2D eigenvalue weighted by Gasteiger charge is -2.37. The normalized spacial score (nSPS) is 17.1. The van der Waals surface area contributed by atoms with Gasteiger partial charge in [-0.2, -0.15) is 0 Å². The van der Waals surface area contributed by atoms with E-state index in [1.807, 2.05) is 30.3 Å². The van der Waals surface area contributed by atoms with E-state index in [0.29, 0.717) is 30.0 Å². The van der Waals surface area contributed by atoms with Gasteiger partial charge in [-0.1, -0.05) is 18.2 Å². The molecule has 0 spiro atoms. The maximum atomic E-state index is 13.3. The van der Waals surface area contributed by atoms with Crippen LogP contribution in [0.1, 0.15) is 27.0 Å². The Morgan fingerprint density at radius 2 is 1.71 bits per heavy atom. The lowest BCUT2D eigenvalue weighted by Crippen LogP contribution is -2.54. The van der Waals surface area contributed by atoms with E-state index in [0.717, 1.165) is 16.7 Å². The summed E-state index contributed by atoms with van der Waals surface area (Å²) in [5.41, 5.74) is 3.35. The first-order valence-corrected chi connectivity index (χ1v) is 10.1. The average Bonchev–Trinajstić information content (AvgIpc) is 3.11. The topological polar surface area (TPSA) is 88.2 Å². The Bertz CT molecular complexity index is 1050. The molecule has 0 aromatic heterocycles. The number of methoxy groups -OCH3 is 2. The van der Waals surface area contributed by atoms with E-state index in [2.05, 4.69) is 5.32 Å². The molecule has 0 radical (unpaired) electrons. The van der Waals surface area contributed by atoms with Crippen LogP contribution in [0.15, 0.2) is 36.4 Å². The van der Waals surface area contributed by atoms with Crippen molar-refractivity contribution in [2.45, 2.75) is 25.6 Å². The van der Waals surface area contributed by atoms with Crippen LogP contribution in [0, 0.1) is 0 Å². The summed E-state index contributed by atoms with van der Waals surface area (Å²) in [5.74, 6) is 0.471. The third-order valence-corrected chi connectivity index (χ3v) is 5.93. The maximum Gasteiger partial charge on any atom is 0.254 e. The fourth-order valence-corrected chi connectivity index (χ4v) is 4.27. The van der Waals surface area contributed by atoms with Gasteiger partial charge in [0.15, 0.2) is 11.5 Å². The zero-order valence-corrected chi connectivity index (χ0v) is 17.8. The van der Waals surface area contributed by atoms with E-state index in [1.54, 1.807) is 32.2 Å². The smallest absolute Gasteiger partial charge is 0.254 e. The molecule has 1 atom stereocenters. The molecule has 2 aromatic rings. The molecule has 0 saturated carbocycles. The predicted octanol–water partition coefficient (Wildman–Crippen LogP) is 1.36. The van der Waals surface area contributed by atoms with Gasteiger partial charge in [0.25, 0.3) is 5.91 Å². The van der Waals surface area contributed by atoms with Gasteiger partial charge in [0.05, 0.1) is 14.2 Å². The Morgan fingerprint density at radius 1 is 1.03 bits per heavy atom. The average molecular weight is 423 g/mol. The van der Waals surface area contributed by atoms with E-state index >= 15 is 0 Å². The fraction of sp³-hybridized carbons (Fsp3) is 0.348. The van der Waals surface area contributed by atoms with Gasteiger partial charge in [-0.3, -0.25) is 14.4 Å². The highest BCUT2D eigenvalue weighted by molar-refractivity contribution is 6.00. The van der Waals surface area contributed by atoms with Crippen LogP contribution in [0.3, 0.4) is 0 Å². The van der Waals surface area contributed by atoms with Gasteiger partial charge >= 0.3 is 0 Å². The molecule has 31 heavy (non-hydrogen) atoms. The molecule has 162 valence electrons. The van der Waals surface area contributed by atoms with E-state index in [-0.39, 0.29) is 30.8 Å². The minimum absolute atomic E-state index is 0.0797. The molecule has 0 unspecified atom stereocenters. The number of nitrogens with one attached hydrogen (secondary N) is 1. The lowest BCUT2D eigenvalue weighted by molar-refractivity contribution is -0.142. The van der Waals surface area contributed by atoms with Crippen molar-refractivity contribution in [3.8, 4) is 11.5 Å². The Balaban J connectivity index is 1.59. The molecular formula is C23H25N3O5. The van der Waals surface area contributed by atoms with Crippen LogP contribution in [0.5, 0.6) is 11.5 Å². The van der Waals surface area contributed by atoms with Crippen molar-refractivity contribution in [1.29, 1.82) is 0 Å². The fourth-order valence-electron chi connectivity index (χ4n) is 4.27. The number of benzene rings is 2. The third-order valence-electron chi connectivity index (χ3n) is 5.93. The van der Waals surface area contributed by atoms with E-state index in [9.17, 15) is 14.4 Å². The van der Waals surface area contributed by atoms with Crippen molar-refractivity contribution in [2.24, 2.45) is 0 Å². The van der Waals surface area contributed by atoms with Crippen LogP contribution >= 0.6 is 0 Å². The quantitative estimate of drug-likeness (QED) is 0.785. The number of carbonyl (C=O) groups excluding carboxylic acids is 3. The summed E-state index contributed by atoms with van der Waals surface area (Å²) in [6, 6.07) is 10.4. The van der Waals surface area contributed by atoms with Gasteiger partial charge in [0, 0.05) is 32.1 Å². The van der Waals surface area contributed by atoms with Crippen molar-refractivity contribution in [3.05, 3.63) is 58.7 Å². The molecule has 0 aliphatic carbocycles. The van der Waals surface area contributed by atoms with Crippen molar-refractivity contribution in [2.75, 3.05) is 27.8 Å². The van der Waals surface area contributed by atoms with Gasteiger partial charge in [0.1, 0.15) is 12.6 Å². The molecular weight excluding hydrogens is 398 g/mol. The molecule has 8 heteroatoms. The molecule has 2 aliphatic rings. The summed E-state index contributed by atoms with van der Waals surface area (Å²) >= 11 is 0. The molecule has 2 heterocycles. The Hall–Kier alpha value is -3.55. The number of ether oxygens (including phenoxy) is 2. The number of nitrogens with zero attached hydrogens (tertiary/aromatic N) is 2. The summed E-state index contributed by atoms with van der Waals surface area (Å²) < 4.78 is 10.8. The Labute approximate surface area is 180 Å². The highest BCUT2D eigenvalue weighted by Gasteiger charge is 2.37. The van der Waals surface area contributed by atoms with Gasteiger partial charge < -0.3 is 24.6 Å². The van der Waals surface area contributed by atoms with Crippen LogP contribution in [0.2, 0.25) is 0 Å². The van der Waals surface area contributed by atoms with Crippen LogP contribution in [0.25, 0.3) is 0 Å². The van der Waals surface area contributed by atoms with E-state index in [4.69, 9.17) is 9.47 Å². The highest BCUT2D eigenvalue weighted by Crippen LogP contribution is 2.35. The second-order valence-electron chi connectivity index (χ2n) is 7.65. The summed E-state index contributed by atoms with van der Waals surface area (Å²) in [6.45, 7) is 0.562. The van der Waals surface area contributed by atoms with Gasteiger partial charge in [0.2, 0.25) is 11.8 Å². The summed E-state index contributed by atoms with van der Waals surface area (Å²) in [6.07, 6.45) is 0.356. The largest absolute Gasteiger partial charge is 0.493 e. The SMILES string of the molecule is CNC(=O)[C@@H]1Cc2cc(OC)c(OC)cc2CN1C(=O)CN1Cc2ccccc2C1=O. The molecule has 3 amide bonds. The first-order chi connectivity index (χ1) is 15.0. The monoisotopic (exact) mass is 423 g/mol. The minimum Gasteiger partial charge on any atom is -0.493 e. The van der Waals surface area contributed by atoms with Crippen molar-refractivity contribution >= 4 is 17.7 Å². The number of carbonyl (C=O) groups is 3. The van der Waals surface area contributed by atoms with E-state index in [1.165, 1.54) is 4.90 Å². The molecule has 0 fully saturated rings. The van der Waals surface area contributed by atoms with Gasteiger partial charge in [-0.15, -0.1) is 0 Å². The standard InChI is InChI=1S/C23H25N3O5/c1-24-22(28)18-8-15-9-19(30-2)20(31-3)10-16(15)12-26(18)21(27)13-25-11-14-6-4-5-7-17(14)23(25)29/h4-7,9-10,18H,8,11-13H2,1-3H3,(H,24,28)/t18-/m0/s1. The minimum atomic E-state index is -0.664. The number of rotatable bonds is 5. The predicted molar refractivity (Wildman–Crippen MR) is 113 cm³/mol. The highest BCUT2D eigenvalue weighted by atomic mass is 16.5. The molecule has 8 nitrogen and oxygen atoms in total. The summed E-state index contributed by atoms with van der Waals surface area (Å²) in [4.78, 5) is 41.6. The van der Waals surface area contributed by atoms with E-state index < -0.39 is 6.04 Å². The number of hydrogen-bond acceptors (Lipinski definition) is 5. The van der Waals surface area contributed by atoms with Gasteiger partial charge in [-0.05, 0) is 34.9 Å². The summed E-state index contributed by atoms with van der Waals surface area (Å²) in [5, 5.41) is 2.65. The third kappa shape index (κ3) is 3.69. The van der Waals surface area contributed by atoms with Crippen LogP contribution in [-0.2, 0) is 29.1 Å². The molecule has 0 bridgehead atoms. The van der Waals surface area contributed by atoms with Crippen molar-refractivity contribution in [3.63, 3.8) is 0 Å². The number of hydrogen-bond donors (Lipinski definition) is 1. The molecule has 0 saturated heterocycles. The van der Waals surface area contributed by atoms with Gasteiger partial charge in [-0.25, -0.2) is 0 Å². The van der Waals surface area contributed by atoms with Crippen LogP contribution < -0.4 is 14.8 Å². The maximum absolute atomic E-state index is 13.3. The molecule has 2 aliphatic heterocycles. The number of likely N-dealkylation sites (N-methyl/N-ethyl adjacent to an activating group) is 1. The first-order valence-electron chi connectivity index (χ1n) is 10.1. The first kappa shape index (κ1) is 20.7. The Morgan fingerprint density at radius 3 is 2.35 bits per heavy atom. The zero-order chi connectivity index (χ0) is 22.1. The van der Waals surface area contributed by atoms with Crippen molar-refractivity contribution < 1.29 is 23.9 Å². The second kappa shape index (κ2) is 8.29. The molecule has 1 N–H and O–H groups in total. The lowest BCUT2D eigenvalue weighted by atomic mass is 9.92. The zero-order valence-electron chi connectivity index (χ0n) is 17.8. The number of fused-ring (bicyclic) bond motifs is 2. The van der Waals surface area contributed by atoms with Crippen LogP contribution in [0.4, 0.5) is 0 Å². The summed E-state index contributed by atoms with van der Waals surface area (Å²) in [7, 11) is 4.67.